The highest BCUT2D eigenvalue weighted by Gasteiger charge is 2.24. The molecule has 2 aromatic heterocycles. The summed E-state index contributed by atoms with van der Waals surface area (Å²) in [6.07, 6.45) is 3.19. The molecule has 1 aliphatic rings. The molecule has 1 saturated heterocycles. The zero-order valence-electron chi connectivity index (χ0n) is 19.8. The van der Waals surface area contributed by atoms with E-state index in [2.05, 4.69) is 53.0 Å². The van der Waals surface area contributed by atoms with Gasteiger partial charge in [-0.15, -0.1) is 0 Å². The Morgan fingerprint density at radius 1 is 1.26 bits per heavy atom. The predicted octanol–water partition coefficient (Wildman–Crippen LogP) is 4.93. The van der Waals surface area contributed by atoms with Crippen LogP contribution in [0.2, 0.25) is 5.02 Å². The Morgan fingerprint density at radius 3 is 2.79 bits per heavy atom. The van der Waals surface area contributed by atoms with Gasteiger partial charge in [0.1, 0.15) is 17.6 Å². The molecule has 1 aliphatic heterocycles. The first-order valence-electron chi connectivity index (χ1n) is 11.6. The third-order valence-corrected chi connectivity index (χ3v) is 7.00. The van der Waals surface area contributed by atoms with Crippen molar-refractivity contribution in [2.24, 2.45) is 0 Å². The van der Waals surface area contributed by atoms with Gasteiger partial charge >= 0.3 is 0 Å². The number of pyridine rings is 1. The fourth-order valence-corrected chi connectivity index (χ4v) is 4.95. The summed E-state index contributed by atoms with van der Waals surface area (Å²) in [5, 5.41) is 27.6. The third kappa shape index (κ3) is 5.55. The summed E-state index contributed by atoms with van der Waals surface area (Å²) in [4.78, 5) is 19.2. The van der Waals surface area contributed by atoms with Crippen LogP contribution in [0, 0.1) is 17.1 Å². The van der Waals surface area contributed by atoms with Crippen molar-refractivity contribution in [1.29, 1.82) is 5.26 Å². The van der Waals surface area contributed by atoms with Crippen LogP contribution in [-0.2, 0) is 9.53 Å². The second kappa shape index (κ2) is 11.3. The smallest absolute Gasteiger partial charge is 0.225 e. The van der Waals surface area contributed by atoms with Crippen LogP contribution >= 0.6 is 27.5 Å². The van der Waals surface area contributed by atoms with Crippen LogP contribution in [-0.4, -0.2) is 57.5 Å². The molecule has 5 rings (SSSR count). The quantitative estimate of drug-likeness (QED) is 0.273. The van der Waals surface area contributed by atoms with Gasteiger partial charge in [-0.3, -0.25) is 9.78 Å². The van der Waals surface area contributed by atoms with Crippen molar-refractivity contribution in [3.05, 3.63) is 69.3 Å². The lowest BCUT2D eigenvalue weighted by molar-refractivity contribution is -0.135. The lowest BCUT2D eigenvalue weighted by atomic mass is 10.1. The Kier molecular flexibility index (Phi) is 7.69. The molecule has 1 amide bonds. The van der Waals surface area contributed by atoms with Crippen molar-refractivity contribution in [3.8, 4) is 6.07 Å². The van der Waals surface area contributed by atoms with Crippen LogP contribution < -0.4 is 10.6 Å². The summed E-state index contributed by atoms with van der Waals surface area (Å²) in [5.74, 6) is -0.574. The van der Waals surface area contributed by atoms with E-state index in [0.717, 1.165) is 0 Å². The molecule has 2 aromatic carbocycles. The number of benzene rings is 2. The van der Waals surface area contributed by atoms with Crippen LogP contribution in [0.5, 0.6) is 0 Å². The molecule has 3 N–H and O–H groups in total. The summed E-state index contributed by atoms with van der Waals surface area (Å²) < 4.78 is 19.7. The van der Waals surface area contributed by atoms with Gasteiger partial charge in [-0.2, -0.15) is 20.7 Å². The summed E-state index contributed by atoms with van der Waals surface area (Å²) in [6, 6.07) is 9.56. The topological polar surface area (TPSA) is 132 Å². The molecule has 1 fully saturated rings. The van der Waals surface area contributed by atoms with E-state index in [9.17, 15) is 14.4 Å². The largest absolute Gasteiger partial charge is 0.378 e. The van der Waals surface area contributed by atoms with E-state index >= 15 is 0 Å². The number of rotatable bonds is 7. The molecule has 1 unspecified atom stereocenters. The van der Waals surface area contributed by atoms with Crippen molar-refractivity contribution in [2.45, 2.75) is 12.5 Å². The number of hydrogen-bond acceptors (Lipinski definition) is 8. The maximum Gasteiger partial charge on any atom is 0.225 e. The number of nitrogens with zero attached hydrogens (tertiary/aromatic N) is 5. The zero-order valence-corrected chi connectivity index (χ0v) is 22.2. The highest BCUT2D eigenvalue weighted by atomic mass is 79.9. The molecule has 13 heteroatoms. The second-order valence-corrected chi connectivity index (χ2v) is 9.82. The number of ether oxygens (including phenoxy) is 1. The SMILES string of the molecule is N#Cc1cnc2c(Br)cc(NC(CC(=O)N3CCOCC3)c3cn[nH]n3)cc2c1Nc1ccc(F)c(Cl)c1. The van der Waals surface area contributed by atoms with Crippen molar-refractivity contribution in [3.63, 3.8) is 0 Å². The van der Waals surface area contributed by atoms with E-state index in [1.807, 2.05) is 12.1 Å². The molecule has 10 nitrogen and oxygen atoms in total. The number of anilines is 3. The predicted molar refractivity (Wildman–Crippen MR) is 144 cm³/mol. The van der Waals surface area contributed by atoms with E-state index in [0.29, 0.717) is 64.4 Å². The van der Waals surface area contributed by atoms with Crippen molar-refractivity contribution >= 4 is 61.4 Å². The number of hydrogen-bond donors (Lipinski definition) is 3. The van der Waals surface area contributed by atoms with Crippen LogP contribution in [0.4, 0.5) is 21.5 Å². The summed E-state index contributed by atoms with van der Waals surface area (Å²) in [6.45, 7) is 2.09. The third-order valence-electron chi connectivity index (χ3n) is 6.11. The van der Waals surface area contributed by atoms with Gasteiger partial charge in [0.15, 0.2) is 0 Å². The van der Waals surface area contributed by atoms with Gasteiger partial charge in [-0.1, -0.05) is 11.6 Å². The number of nitriles is 1. The normalized spacial score (nSPS) is 14.2. The average molecular weight is 600 g/mol. The Labute approximate surface area is 230 Å². The van der Waals surface area contributed by atoms with E-state index < -0.39 is 11.9 Å². The number of morpholine rings is 1. The molecule has 38 heavy (non-hydrogen) atoms. The van der Waals surface area contributed by atoms with Gasteiger partial charge in [0.05, 0.1) is 53.7 Å². The molecule has 0 saturated carbocycles. The first kappa shape index (κ1) is 25.8. The molecular weight excluding hydrogens is 579 g/mol. The average Bonchev–Trinajstić information content (AvgIpc) is 3.46. The van der Waals surface area contributed by atoms with E-state index in [4.69, 9.17) is 16.3 Å². The number of fused-ring (bicyclic) bond motifs is 1. The van der Waals surface area contributed by atoms with Gasteiger partial charge in [0.2, 0.25) is 5.91 Å². The molecule has 1 atom stereocenters. The Balaban J connectivity index is 1.51. The fraction of sp³-hybridized carbons (Fsp3) is 0.240. The number of amides is 1. The first-order valence-corrected chi connectivity index (χ1v) is 12.8. The minimum atomic E-state index is -0.544. The minimum absolute atomic E-state index is 0.0300. The molecule has 0 spiro atoms. The molecule has 0 radical (unpaired) electrons. The van der Waals surface area contributed by atoms with Crippen molar-refractivity contribution < 1.29 is 13.9 Å². The number of carbonyl (C=O) groups excluding carboxylic acids is 1. The Morgan fingerprint density at radius 2 is 2.08 bits per heavy atom. The number of nitrogens with one attached hydrogen (secondary N) is 3. The van der Waals surface area contributed by atoms with Crippen molar-refractivity contribution in [1.82, 2.24) is 25.3 Å². The van der Waals surface area contributed by atoms with Crippen LogP contribution in [0.25, 0.3) is 10.9 Å². The second-order valence-electron chi connectivity index (χ2n) is 8.56. The van der Waals surface area contributed by atoms with Gasteiger partial charge in [0.25, 0.3) is 0 Å². The molecule has 0 aliphatic carbocycles. The van der Waals surface area contributed by atoms with Crippen LogP contribution in [0.15, 0.2) is 47.2 Å². The maximum absolute atomic E-state index is 13.7. The molecule has 4 aromatic rings. The fourth-order valence-electron chi connectivity index (χ4n) is 4.21. The van der Waals surface area contributed by atoms with Gasteiger partial charge in [-0.05, 0) is 46.3 Å². The van der Waals surface area contributed by atoms with Gasteiger partial charge < -0.3 is 20.3 Å². The zero-order chi connectivity index (χ0) is 26.6. The minimum Gasteiger partial charge on any atom is -0.378 e. The molecule has 3 heterocycles. The van der Waals surface area contributed by atoms with E-state index in [-0.39, 0.29) is 22.9 Å². The summed E-state index contributed by atoms with van der Waals surface area (Å²) >= 11 is 9.54. The highest BCUT2D eigenvalue weighted by molar-refractivity contribution is 9.10. The molecule has 194 valence electrons. The lowest BCUT2D eigenvalue weighted by Gasteiger charge is -2.28. The highest BCUT2D eigenvalue weighted by Crippen LogP contribution is 2.36. The summed E-state index contributed by atoms with van der Waals surface area (Å²) in [5.41, 5.74) is 3.11. The van der Waals surface area contributed by atoms with E-state index in [1.165, 1.54) is 24.4 Å². The number of H-pyrrole nitrogens is 1. The standard InChI is InChI=1S/C25H21BrClFN8O2/c26-18-8-16(32-21(22-13-31-35-34-22)10-23(37)36-3-5-38-6-4-36)7-17-24(14(11-29)12-30-25(17)18)33-15-1-2-20(28)19(27)9-15/h1-2,7-9,12-13,21,32H,3-6,10H2,(H,30,33)(H,31,34,35). The maximum atomic E-state index is 13.7. The Hall–Kier alpha value is -3.79. The monoisotopic (exact) mass is 598 g/mol. The summed E-state index contributed by atoms with van der Waals surface area (Å²) in [7, 11) is 0. The number of halogens is 3. The number of aromatic amines is 1. The van der Waals surface area contributed by atoms with Crippen molar-refractivity contribution in [2.75, 3.05) is 36.9 Å². The molecular formula is C25H21BrClFN8O2. The van der Waals surface area contributed by atoms with Crippen LogP contribution in [0.1, 0.15) is 23.7 Å². The Bertz CT molecular complexity index is 1520. The lowest BCUT2D eigenvalue weighted by Crippen LogP contribution is -2.41. The van der Waals surface area contributed by atoms with Crippen LogP contribution in [0.3, 0.4) is 0 Å². The molecule has 0 bridgehead atoms. The number of carbonyl (C=O) groups is 1. The van der Waals surface area contributed by atoms with E-state index in [1.54, 1.807) is 11.1 Å². The number of aromatic nitrogens is 4. The first-order chi connectivity index (χ1) is 18.4. The van der Waals surface area contributed by atoms with Gasteiger partial charge in [-0.25, -0.2) is 4.39 Å². The van der Waals surface area contributed by atoms with Gasteiger partial charge in [0, 0.05) is 40.5 Å².